The van der Waals surface area contributed by atoms with Gasteiger partial charge in [0.1, 0.15) is 0 Å². The monoisotopic (exact) mass is 289 g/mol. The lowest BCUT2D eigenvalue weighted by Gasteiger charge is -2.19. The number of carbonyl (C=O) groups is 1. The molecule has 0 unspecified atom stereocenters. The Hall–Kier alpha value is -3.21. The van der Waals surface area contributed by atoms with Crippen LogP contribution in [0.4, 0.5) is 17.1 Å². The van der Waals surface area contributed by atoms with Crippen molar-refractivity contribution in [3.05, 3.63) is 50.6 Å². The third-order valence-corrected chi connectivity index (χ3v) is 2.52. The van der Waals surface area contributed by atoms with Gasteiger partial charge >= 0.3 is 0 Å². The minimum atomic E-state index is -0.808. The Morgan fingerprint density at radius 2 is 1.81 bits per heavy atom. The van der Waals surface area contributed by atoms with Crippen LogP contribution < -0.4 is 4.90 Å². The van der Waals surface area contributed by atoms with Crippen LogP contribution in [0.1, 0.15) is 6.92 Å². The molecule has 1 amide bonds. The molecule has 0 saturated heterocycles. The highest BCUT2D eigenvalue weighted by Crippen LogP contribution is 2.37. The van der Waals surface area contributed by atoms with Crippen LogP contribution in [-0.2, 0) is 4.79 Å². The summed E-state index contributed by atoms with van der Waals surface area (Å²) in [6.45, 7) is 4.46. The Kier molecular flexibility index (Phi) is 4.75. The molecular weight excluding hydrogens is 278 g/mol. The number of hydrogen-bond acceptors (Lipinski definition) is 5. The quantitative estimate of drug-likeness (QED) is 0.357. The number of para-hydroxylation sites is 1. The van der Waals surface area contributed by atoms with Crippen molar-refractivity contribution in [2.45, 2.75) is 6.92 Å². The first-order chi connectivity index (χ1) is 9.81. The average Bonchev–Trinajstić information content (AvgIpc) is 2.42. The van der Waals surface area contributed by atoms with Gasteiger partial charge in [-0.05, 0) is 13.0 Å². The van der Waals surface area contributed by atoms with Gasteiger partial charge in [-0.15, -0.1) is 6.42 Å². The zero-order chi connectivity index (χ0) is 16.2. The average molecular weight is 289 g/mol. The van der Waals surface area contributed by atoms with Crippen LogP contribution in [0.3, 0.4) is 0 Å². The van der Waals surface area contributed by atoms with E-state index in [4.69, 9.17) is 6.42 Å². The van der Waals surface area contributed by atoms with Gasteiger partial charge in [0, 0.05) is 17.7 Å². The van der Waals surface area contributed by atoms with Gasteiger partial charge in [-0.2, -0.15) is 0 Å². The van der Waals surface area contributed by atoms with E-state index in [1.165, 1.54) is 13.0 Å². The van der Waals surface area contributed by atoms with Crippen molar-refractivity contribution < 1.29 is 14.6 Å². The summed E-state index contributed by atoms with van der Waals surface area (Å²) in [5.74, 6) is 1.44. The third kappa shape index (κ3) is 3.22. The Morgan fingerprint density at radius 3 is 2.14 bits per heavy atom. The lowest BCUT2D eigenvalue weighted by Crippen LogP contribution is -2.32. The summed E-state index contributed by atoms with van der Waals surface area (Å²) in [5.41, 5.74) is -1.54. The van der Waals surface area contributed by atoms with Gasteiger partial charge in [-0.1, -0.05) is 12.5 Å². The van der Waals surface area contributed by atoms with Crippen molar-refractivity contribution in [2.24, 2.45) is 0 Å². The van der Waals surface area contributed by atoms with Crippen LogP contribution in [0.15, 0.2) is 30.4 Å². The first-order valence-electron chi connectivity index (χ1n) is 5.63. The molecule has 1 aromatic carbocycles. The summed E-state index contributed by atoms with van der Waals surface area (Å²) in [5, 5.41) is 22.1. The van der Waals surface area contributed by atoms with Crippen molar-refractivity contribution in [3.8, 4) is 12.3 Å². The van der Waals surface area contributed by atoms with Crippen LogP contribution in [0.25, 0.3) is 0 Å². The van der Waals surface area contributed by atoms with E-state index >= 15 is 0 Å². The molecule has 0 aliphatic rings. The first kappa shape index (κ1) is 15.8. The third-order valence-electron chi connectivity index (χ3n) is 2.52. The number of amides is 1. The van der Waals surface area contributed by atoms with E-state index < -0.39 is 32.8 Å². The molecule has 0 bridgehead atoms. The van der Waals surface area contributed by atoms with Crippen molar-refractivity contribution in [1.82, 2.24) is 0 Å². The van der Waals surface area contributed by atoms with E-state index in [-0.39, 0.29) is 12.1 Å². The van der Waals surface area contributed by atoms with Crippen molar-refractivity contribution in [2.75, 3.05) is 11.4 Å². The molecule has 0 radical (unpaired) electrons. The molecule has 0 atom stereocenters. The summed E-state index contributed by atoms with van der Waals surface area (Å²) >= 11 is 0. The van der Waals surface area contributed by atoms with Gasteiger partial charge in [0.25, 0.3) is 17.3 Å². The Balaban J connectivity index is 3.66. The summed E-state index contributed by atoms with van der Waals surface area (Å²) in [6.07, 6.45) is 5.14. The fourth-order valence-corrected chi connectivity index (χ4v) is 1.66. The minimum Gasteiger partial charge on any atom is -0.285 e. The topological polar surface area (TPSA) is 107 Å². The number of anilines is 1. The number of carbonyl (C=O) groups excluding carboxylic acids is 1. The molecule has 0 saturated carbocycles. The summed E-state index contributed by atoms with van der Waals surface area (Å²) < 4.78 is 0. The second-order valence-corrected chi connectivity index (χ2v) is 4.03. The van der Waals surface area contributed by atoms with E-state index in [1.54, 1.807) is 0 Å². The van der Waals surface area contributed by atoms with Gasteiger partial charge in [0.05, 0.1) is 16.4 Å². The molecule has 1 rings (SSSR count). The molecule has 0 N–H and O–H groups in total. The van der Waals surface area contributed by atoms with E-state index in [0.29, 0.717) is 0 Å². The van der Waals surface area contributed by atoms with Crippen molar-refractivity contribution in [3.63, 3.8) is 0 Å². The largest absolute Gasteiger partial charge is 0.300 e. The lowest BCUT2D eigenvalue weighted by molar-refractivity contribution is -0.392. The van der Waals surface area contributed by atoms with Crippen LogP contribution in [-0.4, -0.2) is 22.3 Å². The standard InChI is InChI=1S/C13H11N3O5/c1-4-8-14(13(17)9(2)3)12-10(15(18)19)6-5-7-11(12)16(20)21/h1,5-7H,2,8H2,3H3. The molecule has 1 aromatic rings. The normalized spacial score (nSPS) is 9.52. The zero-order valence-corrected chi connectivity index (χ0v) is 11.1. The van der Waals surface area contributed by atoms with Crippen molar-refractivity contribution >= 4 is 23.0 Å². The van der Waals surface area contributed by atoms with E-state index in [2.05, 4.69) is 12.5 Å². The highest BCUT2D eigenvalue weighted by molar-refractivity contribution is 6.07. The van der Waals surface area contributed by atoms with Gasteiger partial charge in [0.2, 0.25) is 5.69 Å². The summed E-state index contributed by atoms with van der Waals surface area (Å²) in [6, 6.07) is 3.30. The smallest absolute Gasteiger partial charge is 0.285 e. The molecule has 0 aliphatic carbocycles. The highest BCUT2D eigenvalue weighted by Gasteiger charge is 2.32. The van der Waals surface area contributed by atoms with Crippen LogP contribution in [0, 0.1) is 32.6 Å². The van der Waals surface area contributed by atoms with Crippen LogP contribution >= 0.6 is 0 Å². The molecule has 0 spiro atoms. The number of hydrogen-bond donors (Lipinski definition) is 0. The summed E-state index contributed by atoms with van der Waals surface area (Å²) in [4.78, 5) is 33.4. The maximum Gasteiger partial charge on any atom is 0.300 e. The van der Waals surface area contributed by atoms with Crippen molar-refractivity contribution in [1.29, 1.82) is 0 Å². The number of benzene rings is 1. The van der Waals surface area contributed by atoms with Gasteiger partial charge in [-0.3, -0.25) is 29.9 Å². The Bertz CT molecular complexity index is 643. The van der Waals surface area contributed by atoms with Gasteiger partial charge < -0.3 is 0 Å². The predicted octanol–water partition coefficient (Wildman–Crippen LogP) is 2.05. The van der Waals surface area contributed by atoms with E-state index in [1.807, 2.05) is 0 Å². The lowest BCUT2D eigenvalue weighted by atomic mass is 10.1. The number of rotatable bonds is 5. The van der Waals surface area contributed by atoms with Gasteiger partial charge in [-0.25, -0.2) is 0 Å². The highest BCUT2D eigenvalue weighted by atomic mass is 16.6. The molecular formula is C13H11N3O5. The molecule has 0 aromatic heterocycles. The molecule has 21 heavy (non-hydrogen) atoms. The molecule has 8 heteroatoms. The molecule has 108 valence electrons. The van der Waals surface area contributed by atoms with Crippen LogP contribution in [0.2, 0.25) is 0 Å². The molecule has 0 fully saturated rings. The SMILES string of the molecule is C#CCN(C(=O)C(=C)C)c1c([N+](=O)[O-])cccc1[N+](=O)[O-]. The Morgan fingerprint density at radius 1 is 1.33 bits per heavy atom. The number of nitro groups is 2. The van der Waals surface area contributed by atoms with Crippen LogP contribution in [0.5, 0.6) is 0 Å². The number of terminal acetylenes is 1. The predicted molar refractivity (Wildman–Crippen MR) is 75.8 cm³/mol. The summed E-state index contributed by atoms with van der Waals surface area (Å²) in [7, 11) is 0. The van der Waals surface area contributed by atoms with Gasteiger partial charge in [0.15, 0.2) is 0 Å². The van der Waals surface area contributed by atoms with E-state index in [9.17, 15) is 25.0 Å². The molecule has 8 nitrogen and oxygen atoms in total. The molecule has 0 heterocycles. The maximum atomic E-state index is 12.1. The van der Waals surface area contributed by atoms with E-state index in [0.717, 1.165) is 17.0 Å². The fourth-order valence-electron chi connectivity index (χ4n) is 1.66. The Labute approximate surface area is 120 Å². The minimum absolute atomic E-state index is 0.0534. The first-order valence-corrected chi connectivity index (χ1v) is 5.63. The fraction of sp³-hybridized carbons (Fsp3) is 0.154. The zero-order valence-electron chi connectivity index (χ0n) is 11.1. The molecule has 0 aliphatic heterocycles. The number of nitro benzene ring substituents is 2. The second-order valence-electron chi connectivity index (χ2n) is 4.03. The second kappa shape index (κ2) is 6.29. The maximum absolute atomic E-state index is 12.1. The number of nitrogens with zero attached hydrogens (tertiary/aromatic N) is 3.